The lowest BCUT2D eigenvalue weighted by atomic mass is 10.1. The molecule has 3 rings (SSSR count). The zero-order valence-electron chi connectivity index (χ0n) is 10.4. The fourth-order valence-corrected chi connectivity index (χ4v) is 2.55. The van der Waals surface area contributed by atoms with Gasteiger partial charge in [0.2, 0.25) is 0 Å². The van der Waals surface area contributed by atoms with Crippen molar-refractivity contribution in [3.63, 3.8) is 0 Å². The Labute approximate surface area is 103 Å². The molecule has 1 aliphatic carbocycles. The molecule has 0 bridgehead atoms. The van der Waals surface area contributed by atoms with Crippen LogP contribution in [0.25, 0.3) is 0 Å². The molecule has 3 heteroatoms. The maximum atomic E-state index is 5.87. The molecular weight excluding hydrogens is 214 g/mol. The molecule has 0 aromatic carbocycles. The summed E-state index contributed by atoms with van der Waals surface area (Å²) in [5.74, 6) is 3.73. The quantitative estimate of drug-likeness (QED) is 0.871. The van der Waals surface area contributed by atoms with Gasteiger partial charge in [0.05, 0.1) is 13.2 Å². The van der Waals surface area contributed by atoms with Gasteiger partial charge in [0.1, 0.15) is 11.5 Å². The van der Waals surface area contributed by atoms with Crippen LogP contribution in [-0.2, 0) is 11.3 Å². The highest BCUT2D eigenvalue weighted by Crippen LogP contribution is 2.47. The van der Waals surface area contributed by atoms with Gasteiger partial charge in [-0.1, -0.05) is 6.92 Å². The smallest absolute Gasteiger partial charge is 0.117 e. The summed E-state index contributed by atoms with van der Waals surface area (Å²) < 4.78 is 11.3. The summed E-state index contributed by atoms with van der Waals surface area (Å²) in [6, 6.07) is 4.75. The number of hydrogen-bond donors (Lipinski definition) is 1. The summed E-state index contributed by atoms with van der Waals surface area (Å²) in [7, 11) is 0. The van der Waals surface area contributed by atoms with E-state index in [0.717, 1.165) is 31.4 Å². The molecule has 1 saturated heterocycles. The van der Waals surface area contributed by atoms with E-state index in [1.165, 1.54) is 25.0 Å². The number of ether oxygens (including phenoxy) is 1. The van der Waals surface area contributed by atoms with Crippen LogP contribution in [0.2, 0.25) is 0 Å². The predicted octanol–water partition coefficient (Wildman–Crippen LogP) is 2.67. The standard InChI is InChI=1S/C14H21NO2/c1-10-7-13(10)14-5-4-12(17-14)8-15-11-3-2-6-16-9-11/h4-5,10-11,13,15H,2-3,6-9H2,1H3. The number of nitrogens with one attached hydrogen (secondary N) is 1. The van der Waals surface area contributed by atoms with Gasteiger partial charge in [-0.05, 0) is 37.3 Å². The number of rotatable bonds is 4. The van der Waals surface area contributed by atoms with Crippen molar-refractivity contribution >= 4 is 0 Å². The molecule has 0 amide bonds. The van der Waals surface area contributed by atoms with Crippen LogP contribution in [0, 0.1) is 5.92 Å². The Bertz CT molecular complexity index is 368. The van der Waals surface area contributed by atoms with E-state index in [2.05, 4.69) is 24.4 Å². The summed E-state index contributed by atoms with van der Waals surface area (Å²) in [6.45, 7) is 4.87. The Kier molecular flexibility index (Phi) is 3.21. The largest absolute Gasteiger partial charge is 0.464 e. The molecule has 0 spiro atoms. The van der Waals surface area contributed by atoms with Crippen LogP contribution in [0.1, 0.15) is 43.6 Å². The monoisotopic (exact) mass is 235 g/mol. The normalized spacial score (nSPS) is 32.6. The highest BCUT2D eigenvalue weighted by Gasteiger charge is 2.36. The van der Waals surface area contributed by atoms with Gasteiger partial charge in [0.15, 0.2) is 0 Å². The van der Waals surface area contributed by atoms with Gasteiger partial charge in [-0.15, -0.1) is 0 Å². The first kappa shape index (κ1) is 11.3. The van der Waals surface area contributed by atoms with E-state index in [0.29, 0.717) is 12.0 Å². The first-order valence-electron chi connectivity index (χ1n) is 6.72. The molecule has 2 aliphatic rings. The summed E-state index contributed by atoms with van der Waals surface area (Å²) in [6.07, 6.45) is 3.67. The molecule has 0 radical (unpaired) electrons. The fraction of sp³-hybridized carbons (Fsp3) is 0.714. The van der Waals surface area contributed by atoms with Gasteiger partial charge in [-0.3, -0.25) is 0 Å². The predicted molar refractivity (Wildman–Crippen MR) is 65.9 cm³/mol. The Morgan fingerprint density at radius 1 is 1.41 bits per heavy atom. The minimum absolute atomic E-state index is 0.497. The molecule has 3 nitrogen and oxygen atoms in total. The van der Waals surface area contributed by atoms with Gasteiger partial charge in [-0.2, -0.15) is 0 Å². The summed E-state index contributed by atoms with van der Waals surface area (Å²) in [5, 5.41) is 3.50. The third-order valence-electron chi connectivity index (χ3n) is 3.88. The average molecular weight is 235 g/mol. The summed E-state index contributed by atoms with van der Waals surface area (Å²) in [4.78, 5) is 0. The van der Waals surface area contributed by atoms with Gasteiger partial charge < -0.3 is 14.5 Å². The van der Waals surface area contributed by atoms with Crippen LogP contribution < -0.4 is 5.32 Å². The first-order valence-corrected chi connectivity index (χ1v) is 6.72. The van der Waals surface area contributed by atoms with E-state index in [-0.39, 0.29) is 0 Å². The van der Waals surface area contributed by atoms with Gasteiger partial charge >= 0.3 is 0 Å². The molecule has 1 N–H and O–H groups in total. The molecule has 94 valence electrons. The molecule has 17 heavy (non-hydrogen) atoms. The van der Waals surface area contributed by atoms with E-state index in [1.807, 2.05) is 0 Å². The Hall–Kier alpha value is -0.800. The maximum absolute atomic E-state index is 5.87. The van der Waals surface area contributed by atoms with Gasteiger partial charge in [0.25, 0.3) is 0 Å². The third-order valence-corrected chi connectivity index (χ3v) is 3.88. The number of furan rings is 1. The van der Waals surface area contributed by atoms with Crippen molar-refractivity contribution in [2.45, 2.75) is 44.7 Å². The molecule has 3 atom stereocenters. The second-order valence-electron chi connectivity index (χ2n) is 5.42. The lowest BCUT2D eigenvalue weighted by Gasteiger charge is -2.22. The highest BCUT2D eigenvalue weighted by molar-refractivity contribution is 5.17. The molecule has 1 aromatic heterocycles. The van der Waals surface area contributed by atoms with Crippen molar-refractivity contribution < 1.29 is 9.15 Å². The minimum Gasteiger partial charge on any atom is -0.464 e. The molecule has 1 aliphatic heterocycles. The first-order chi connectivity index (χ1) is 8.33. The number of hydrogen-bond acceptors (Lipinski definition) is 3. The van der Waals surface area contributed by atoms with Crippen molar-refractivity contribution in [2.24, 2.45) is 5.92 Å². The summed E-state index contributed by atoms with van der Waals surface area (Å²) >= 11 is 0. The minimum atomic E-state index is 0.497. The van der Waals surface area contributed by atoms with Crippen LogP contribution in [0.4, 0.5) is 0 Å². The van der Waals surface area contributed by atoms with Crippen molar-refractivity contribution in [3.05, 3.63) is 23.7 Å². The van der Waals surface area contributed by atoms with Crippen molar-refractivity contribution in [3.8, 4) is 0 Å². The molecule has 3 unspecified atom stereocenters. The highest BCUT2D eigenvalue weighted by atomic mass is 16.5. The maximum Gasteiger partial charge on any atom is 0.117 e. The molecule has 1 saturated carbocycles. The molecular formula is C14H21NO2. The van der Waals surface area contributed by atoms with Crippen LogP contribution in [0.5, 0.6) is 0 Å². The molecule has 2 fully saturated rings. The summed E-state index contributed by atoms with van der Waals surface area (Å²) in [5.41, 5.74) is 0. The lowest BCUT2D eigenvalue weighted by Crippen LogP contribution is -2.36. The Morgan fingerprint density at radius 2 is 2.29 bits per heavy atom. The van der Waals surface area contributed by atoms with Crippen molar-refractivity contribution in [1.82, 2.24) is 5.32 Å². The topological polar surface area (TPSA) is 34.4 Å². The van der Waals surface area contributed by atoms with E-state index in [1.54, 1.807) is 0 Å². The van der Waals surface area contributed by atoms with Crippen molar-refractivity contribution in [2.75, 3.05) is 13.2 Å². The Morgan fingerprint density at radius 3 is 3.00 bits per heavy atom. The lowest BCUT2D eigenvalue weighted by molar-refractivity contribution is 0.0693. The van der Waals surface area contributed by atoms with E-state index in [9.17, 15) is 0 Å². The fourth-order valence-electron chi connectivity index (χ4n) is 2.55. The second-order valence-corrected chi connectivity index (χ2v) is 5.42. The van der Waals surface area contributed by atoms with Crippen LogP contribution in [0.3, 0.4) is 0 Å². The SMILES string of the molecule is CC1CC1c1ccc(CNC2CCCOC2)o1. The molecule has 2 heterocycles. The van der Waals surface area contributed by atoms with Gasteiger partial charge in [0, 0.05) is 18.6 Å². The average Bonchev–Trinajstić information content (AvgIpc) is 2.92. The zero-order valence-corrected chi connectivity index (χ0v) is 10.4. The second kappa shape index (κ2) is 4.83. The van der Waals surface area contributed by atoms with Crippen LogP contribution in [-0.4, -0.2) is 19.3 Å². The van der Waals surface area contributed by atoms with Crippen LogP contribution >= 0.6 is 0 Å². The Balaban J connectivity index is 1.49. The zero-order chi connectivity index (χ0) is 11.7. The van der Waals surface area contributed by atoms with E-state index < -0.39 is 0 Å². The molecule has 1 aromatic rings. The van der Waals surface area contributed by atoms with Crippen LogP contribution in [0.15, 0.2) is 16.5 Å². The van der Waals surface area contributed by atoms with Crippen molar-refractivity contribution in [1.29, 1.82) is 0 Å². The third kappa shape index (κ3) is 2.72. The van der Waals surface area contributed by atoms with E-state index >= 15 is 0 Å². The van der Waals surface area contributed by atoms with E-state index in [4.69, 9.17) is 9.15 Å². The van der Waals surface area contributed by atoms with Gasteiger partial charge in [-0.25, -0.2) is 0 Å².